The number of halogens is 1. The zero-order valence-electron chi connectivity index (χ0n) is 13.0. The van der Waals surface area contributed by atoms with Crippen LogP contribution in [0, 0.1) is 5.82 Å². The zero-order valence-corrected chi connectivity index (χ0v) is 13.0. The summed E-state index contributed by atoms with van der Waals surface area (Å²) < 4.78 is 19.5. The van der Waals surface area contributed by atoms with Gasteiger partial charge in [0, 0.05) is 6.07 Å². The van der Waals surface area contributed by atoms with Crippen molar-refractivity contribution in [3.05, 3.63) is 57.1 Å². The minimum absolute atomic E-state index is 0.0690. The van der Waals surface area contributed by atoms with Crippen LogP contribution in [0.25, 0.3) is 5.69 Å². The first-order chi connectivity index (χ1) is 11.8. The molecule has 0 atom stereocenters. The molecule has 0 spiro atoms. The Bertz CT molecular complexity index is 996. The van der Waals surface area contributed by atoms with Gasteiger partial charge in [0.25, 0.3) is 17.4 Å². The van der Waals surface area contributed by atoms with E-state index in [9.17, 15) is 23.6 Å². The van der Waals surface area contributed by atoms with Crippen molar-refractivity contribution in [3.8, 4) is 5.69 Å². The highest BCUT2D eigenvalue weighted by molar-refractivity contribution is 6.23. The van der Waals surface area contributed by atoms with Gasteiger partial charge in [0.2, 0.25) is 0 Å². The number of fused-ring (bicyclic) bond motifs is 1. The highest BCUT2D eigenvalue weighted by atomic mass is 19.1. The van der Waals surface area contributed by atoms with Crippen molar-refractivity contribution in [2.75, 3.05) is 12.3 Å². The van der Waals surface area contributed by atoms with Crippen molar-refractivity contribution in [2.45, 2.75) is 6.92 Å². The Morgan fingerprint density at radius 2 is 1.92 bits per heavy atom. The first-order valence-corrected chi connectivity index (χ1v) is 7.22. The van der Waals surface area contributed by atoms with Crippen LogP contribution in [0.5, 0.6) is 0 Å². The molecule has 2 aromatic rings. The topological polar surface area (TPSA) is 120 Å². The lowest BCUT2D eigenvalue weighted by molar-refractivity contribution is 0.0525. The third-order valence-corrected chi connectivity index (χ3v) is 3.61. The number of nitrogen functional groups attached to an aromatic ring is 1. The molecule has 3 N–H and O–H groups in total. The Morgan fingerprint density at radius 3 is 2.60 bits per heavy atom. The lowest BCUT2D eigenvalue weighted by atomic mass is 10.1. The van der Waals surface area contributed by atoms with E-state index in [0.717, 1.165) is 22.8 Å². The standard InChI is InChI=1S/C16H12FN3O5/c1-2-25-16(24)7-3-8(17)5-9(4-7)20-11(21)6-10-12(13(20)18)15(23)19-14(10)22/h3-6H,2,18H2,1H3,(H,19,22,23). The number of hydrogen-bond donors (Lipinski definition) is 2. The zero-order chi connectivity index (χ0) is 18.3. The molecular formula is C16H12FN3O5. The van der Waals surface area contributed by atoms with Gasteiger partial charge >= 0.3 is 5.97 Å². The number of esters is 1. The molecule has 0 saturated carbocycles. The molecule has 1 aromatic heterocycles. The summed E-state index contributed by atoms with van der Waals surface area (Å²) in [5.74, 6) is -3.39. The number of carbonyl (C=O) groups is 3. The van der Waals surface area contributed by atoms with Gasteiger partial charge in [-0.3, -0.25) is 24.3 Å². The van der Waals surface area contributed by atoms with E-state index in [-0.39, 0.29) is 34.8 Å². The molecule has 2 amide bonds. The van der Waals surface area contributed by atoms with E-state index < -0.39 is 29.2 Å². The number of benzene rings is 1. The smallest absolute Gasteiger partial charge is 0.338 e. The van der Waals surface area contributed by atoms with Gasteiger partial charge in [0.1, 0.15) is 11.6 Å². The molecule has 9 heteroatoms. The molecule has 0 fully saturated rings. The van der Waals surface area contributed by atoms with Crippen molar-refractivity contribution in [1.29, 1.82) is 0 Å². The quantitative estimate of drug-likeness (QED) is 0.621. The number of nitrogens with zero attached hydrogens (tertiary/aromatic N) is 1. The first-order valence-electron chi connectivity index (χ1n) is 7.22. The molecule has 0 saturated heterocycles. The fourth-order valence-electron chi connectivity index (χ4n) is 2.58. The van der Waals surface area contributed by atoms with Gasteiger partial charge in [-0.15, -0.1) is 0 Å². The predicted molar refractivity (Wildman–Crippen MR) is 84.2 cm³/mol. The SMILES string of the molecule is CCOC(=O)c1cc(F)cc(-n2c(N)c3c(cc2=O)C(=O)NC3=O)c1. The molecule has 0 bridgehead atoms. The summed E-state index contributed by atoms with van der Waals surface area (Å²) in [6, 6.07) is 4.06. The summed E-state index contributed by atoms with van der Waals surface area (Å²) in [5.41, 5.74) is 4.61. The number of ether oxygens (including phenoxy) is 1. The van der Waals surface area contributed by atoms with E-state index in [4.69, 9.17) is 10.5 Å². The van der Waals surface area contributed by atoms with Crippen molar-refractivity contribution in [3.63, 3.8) is 0 Å². The molecule has 25 heavy (non-hydrogen) atoms. The maximum Gasteiger partial charge on any atom is 0.338 e. The number of anilines is 1. The number of nitrogens with two attached hydrogens (primary N) is 1. The van der Waals surface area contributed by atoms with Crippen LogP contribution in [0.3, 0.4) is 0 Å². The number of imide groups is 1. The van der Waals surface area contributed by atoms with Crippen molar-refractivity contribution in [2.24, 2.45) is 0 Å². The normalized spacial score (nSPS) is 12.7. The summed E-state index contributed by atoms with van der Waals surface area (Å²) in [4.78, 5) is 47.6. The summed E-state index contributed by atoms with van der Waals surface area (Å²) in [7, 11) is 0. The molecule has 1 aromatic carbocycles. The fourth-order valence-corrected chi connectivity index (χ4v) is 2.58. The van der Waals surface area contributed by atoms with Crippen molar-refractivity contribution >= 4 is 23.6 Å². The largest absolute Gasteiger partial charge is 0.462 e. The minimum Gasteiger partial charge on any atom is -0.462 e. The molecule has 0 unspecified atom stereocenters. The van der Waals surface area contributed by atoms with Gasteiger partial charge in [-0.1, -0.05) is 0 Å². The lowest BCUT2D eigenvalue weighted by Gasteiger charge is -2.13. The maximum absolute atomic E-state index is 13.9. The molecule has 0 aliphatic carbocycles. The molecule has 2 heterocycles. The van der Waals surface area contributed by atoms with E-state index in [0.29, 0.717) is 0 Å². The van der Waals surface area contributed by atoms with Gasteiger partial charge in [0.05, 0.1) is 29.0 Å². The Morgan fingerprint density at radius 1 is 1.20 bits per heavy atom. The van der Waals surface area contributed by atoms with Crippen LogP contribution in [0.1, 0.15) is 38.0 Å². The number of hydrogen-bond acceptors (Lipinski definition) is 6. The molecular weight excluding hydrogens is 333 g/mol. The van der Waals surface area contributed by atoms with Crippen molar-refractivity contribution in [1.82, 2.24) is 9.88 Å². The lowest BCUT2D eigenvalue weighted by Crippen LogP contribution is -2.24. The summed E-state index contributed by atoms with van der Waals surface area (Å²) in [6.07, 6.45) is 0. The summed E-state index contributed by atoms with van der Waals surface area (Å²) >= 11 is 0. The van der Waals surface area contributed by atoms with Gasteiger partial charge in [-0.05, 0) is 25.1 Å². The summed E-state index contributed by atoms with van der Waals surface area (Å²) in [5, 5.41) is 2.03. The van der Waals surface area contributed by atoms with Crippen LogP contribution in [0.4, 0.5) is 10.2 Å². The molecule has 128 valence electrons. The van der Waals surface area contributed by atoms with Crippen LogP contribution in [-0.2, 0) is 4.74 Å². The number of nitrogens with one attached hydrogen (secondary N) is 1. The number of rotatable bonds is 3. The van der Waals surface area contributed by atoms with E-state index in [1.807, 2.05) is 5.32 Å². The number of amides is 2. The molecule has 0 radical (unpaired) electrons. The monoisotopic (exact) mass is 345 g/mol. The van der Waals surface area contributed by atoms with E-state index in [1.54, 1.807) is 6.92 Å². The van der Waals surface area contributed by atoms with Gasteiger partial charge in [0.15, 0.2) is 0 Å². The van der Waals surface area contributed by atoms with Gasteiger partial charge in [-0.2, -0.15) is 0 Å². The number of aromatic nitrogens is 1. The number of carbonyl (C=O) groups excluding carboxylic acids is 3. The molecule has 1 aliphatic rings. The second-order valence-corrected chi connectivity index (χ2v) is 5.19. The Balaban J connectivity index is 2.23. The number of pyridine rings is 1. The van der Waals surface area contributed by atoms with E-state index in [1.165, 1.54) is 6.07 Å². The highest BCUT2D eigenvalue weighted by Gasteiger charge is 2.32. The van der Waals surface area contributed by atoms with Gasteiger partial charge in [-0.25, -0.2) is 9.18 Å². The van der Waals surface area contributed by atoms with Gasteiger partial charge < -0.3 is 10.5 Å². The van der Waals surface area contributed by atoms with Crippen LogP contribution in [-0.4, -0.2) is 29.0 Å². The highest BCUT2D eigenvalue weighted by Crippen LogP contribution is 2.24. The Labute approximate surface area is 140 Å². The Kier molecular flexibility index (Phi) is 3.84. The fraction of sp³-hybridized carbons (Fsp3) is 0.125. The molecule has 3 rings (SSSR count). The van der Waals surface area contributed by atoms with Crippen LogP contribution in [0.2, 0.25) is 0 Å². The van der Waals surface area contributed by atoms with E-state index in [2.05, 4.69) is 0 Å². The molecule has 8 nitrogen and oxygen atoms in total. The first kappa shape index (κ1) is 16.4. The third-order valence-electron chi connectivity index (χ3n) is 3.61. The van der Waals surface area contributed by atoms with Crippen LogP contribution in [0.15, 0.2) is 29.1 Å². The second kappa shape index (κ2) is 5.86. The summed E-state index contributed by atoms with van der Waals surface area (Å²) in [6.45, 7) is 1.69. The second-order valence-electron chi connectivity index (χ2n) is 5.19. The Hall–Kier alpha value is -3.49. The van der Waals surface area contributed by atoms with Crippen molar-refractivity contribution < 1.29 is 23.5 Å². The average molecular weight is 345 g/mol. The minimum atomic E-state index is -0.798. The molecule has 1 aliphatic heterocycles. The van der Waals surface area contributed by atoms with E-state index >= 15 is 0 Å². The van der Waals surface area contributed by atoms with Crippen LogP contribution >= 0.6 is 0 Å². The average Bonchev–Trinajstić information content (AvgIpc) is 2.81. The third kappa shape index (κ3) is 2.65. The maximum atomic E-state index is 13.9. The predicted octanol–water partition coefficient (Wildman–Crippen LogP) is 0.619. The van der Waals surface area contributed by atoms with Crippen LogP contribution < -0.4 is 16.6 Å².